The quantitative estimate of drug-likeness (QED) is 0.669. The summed E-state index contributed by atoms with van der Waals surface area (Å²) in [5, 5.41) is 0. The fraction of sp³-hybridized carbons (Fsp3) is 0.250. The molecule has 3 rings (SSSR count). The third-order valence-electron chi connectivity index (χ3n) is 3.40. The van der Waals surface area contributed by atoms with Crippen molar-refractivity contribution in [2.45, 2.75) is 5.72 Å². The second-order valence-corrected chi connectivity index (χ2v) is 4.29. The van der Waals surface area contributed by atoms with Gasteiger partial charge in [-0.3, -0.25) is 14.5 Å². The van der Waals surface area contributed by atoms with Crippen molar-refractivity contribution in [2.75, 3.05) is 14.1 Å². The van der Waals surface area contributed by atoms with E-state index in [4.69, 9.17) is 4.74 Å². The molecule has 2 aliphatic rings. The normalized spacial score (nSPS) is 26.0. The lowest BCUT2D eigenvalue weighted by molar-refractivity contribution is -0.148. The van der Waals surface area contributed by atoms with Crippen molar-refractivity contribution in [3.63, 3.8) is 0 Å². The van der Waals surface area contributed by atoms with E-state index in [0.717, 1.165) is 4.90 Å². The molecule has 6 heteroatoms. The number of hydrogen-bond donors (Lipinski definition) is 0. The summed E-state index contributed by atoms with van der Waals surface area (Å²) in [4.78, 5) is 37.9. The van der Waals surface area contributed by atoms with E-state index in [1.54, 1.807) is 24.3 Å². The van der Waals surface area contributed by atoms with Crippen molar-refractivity contribution in [3.8, 4) is 0 Å². The van der Waals surface area contributed by atoms with Gasteiger partial charge in [0.2, 0.25) is 0 Å². The van der Waals surface area contributed by atoms with Crippen molar-refractivity contribution < 1.29 is 19.1 Å². The average Bonchev–Trinajstić information content (AvgIpc) is 2.73. The van der Waals surface area contributed by atoms with Gasteiger partial charge < -0.3 is 4.74 Å². The Hall–Kier alpha value is -2.37. The minimum Gasteiger partial charge on any atom is -0.408 e. The number of ether oxygens (including phenoxy) is 1. The molecule has 3 amide bonds. The number of hydrogen-bond acceptors (Lipinski definition) is 4. The molecule has 0 radical (unpaired) electrons. The molecule has 1 spiro atoms. The van der Waals surface area contributed by atoms with Gasteiger partial charge in [0.1, 0.15) is 0 Å². The van der Waals surface area contributed by atoms with Gasteiger partial charge in [0.25, 0.3) is 11.6 Å². The highest BCUT2D eigenvalue weighted by Gasteiger charge is 2.63. The topological polar surface area (TPSA) is 66.9 Å². The number of fused-ring (bicyclic) bond motifs is 2. The zero-order valence-electron chi connectivity index (χ0n) is 9.84. The van der Waals surface area contributed by atoms with Crippen LogP contribution in [0.2, 0.25) is 0 Å². The first kappa shape index (κ1) is 10.8. The zero-order chi connectivity index (χ0) is 13.1. The molecule has 2 aliphatic heterocycles. The van der Waals surface area contributed by atoms with E-state index < -0.39 is 17.7 Å². The molecule has 18 heavy (non-hydrogen) atoms. The van der Waals surface area contributed by atoms with Crippen LogP contribution in [-0.4, -0.2) is 41.8 Å². The van der Waals surface area contributed by atoms with Crippen molar-refractivity contribution in [3.05, 3.63) is 35.4 Å². The Morgan fingerprint density at radius 2 is 1.78 bits per heavy atom. The number of carbonyl (C=O) groups excluding carboxylic acids is 3. The van der Waals surface area contributed by atoms with Crippen LogP contribution in [0.3, 0.4) is 0 Å². The van der Waals surface area contributed by atoms with E-state index in [1.807, 2.05) is 0 Å². The molecule has 1 fully saturated rings. The summed E-state index contributed by atoms with van der Waals surface area (Å²) >= 11 is 0. The van der Waals surface area contributed by atoms with E-state index in [0.29, 0.717) is 11.1 Å². The summed E-state index contributed by atoms with van der Waals surface area (Å²) in [6, 6.07) is 6.64. The summed E-state index contributed by atoms with van der Waals surface area (Å²) < 4.78 is 5.19. The van der Waals surface area contributed by atoms with Gasteiger partial charge >= 0.3 is 12.0 Å². The number of carbonyl (C=O) groups is 3. The number of imide groups is 1. The van der Waals surface area contributed by atoms with Crippen molar-refractivity contribution in [2.24, 2.45) is 0 Å². The van der Waals surface area contributed by atoms with Gasteiger partial charge in [-0.2, -0.15) is 0 Å². The molecule has 1 unspecified atom stereocenters. The standard InChI is InChI=1S/C12H10N2O4/c1-13-10(16)12(18-11(13)17)8-6-4-3-5-7(8)9(15)14(12)2/h3-6H,1-2H3. The summed E-state index contributed by atoms with van der Waals surface area (Å²) in [7, 11) is 2.78. The lowest BCUT2D eigenvalue weighted by Gasteiger charge is -2.27. The summed E-state index contributed by atoms with van der Waals surface area (Å²) in [5.74, 6) is -0.879. The molecule has 2 heterocycles. The SMILES string of the molecule is CN1C(=O)OC2(C1=O)c1ccccc1C(=O)N2C. The molecular weight excluding hydrogens is 236 g/mol. The molecule has 6 nitrogen and oxygen atoms in total. The van der Waals surface area contributed by atoms with Gasteiger partial charge in [-0.25, -0.2) is 9.69 Å². The zero-order valence-corrected chi connectivity index (χ0v) is 9.84. The van der Waals surface area contributed by atoms with Crippen LogP contribution in [0, 0.1) is 0 Å². The number of amides is 3. The van der Waals surface area contributed by atoms with Gasteiger partial charge in [-0.1, -0.05) is 18.2 Å². The summed E-state index contributed by atoms with van der Waals surface area (Å²) in [6.45, 7) is 0. The first-order chi connectivity index (χ1) is 8.50. The van der Waals surface area contributed by atoms with Crippen molar-refractivity contribution in [1.29, 1.82) is 0 Å². The molecule has 1 atom stereocenters. The lowest BCUT2D eigenvalue weighted by Crippen LogP contribution is -2.48. The molecular formula is C12H10N2O4. The molecule has 0 aliphatic carbocycles. The highest BCUT2D eigenvalue weighted by molar-refractivity contribution is 6.11. The second kappa shape index (κ2) is 3.10. The van der Waals surface area contributed by atoms with Crippen molar-refractivity contribution in [1.82, 2.24) is 9.80 Å². The largest absolute Gasteiger partial charge is 0.419 e. The van der Waals surface area contributed by atoms with Crippen LogP contribution in [-0.2, 0) is 15.3 Å². The molecule has 1 saturated heterocycles. The molecule has 0 saturated carbocycles. The monoisotopic (exact) mass is 246 g/mol. The maximum Gasteiger partial charge on any atom is 0.419 e. The van der Waals surface area contributed by atoms with E-state index in [2.05, 4.69) is 0 Å². The predicted octanol–water partition coefficient (Wildman–Crippen LogP) is 0.534. The molecule has 0 aromatic heterocycles. The van der Waals surface area contributed by atoms with Gasteiger partial charge in [-0.15, -0.1) is 0 Å². The van der Waals surface area contributed by atoms with Crippen LogP contribution in [0.15, 0.2) is 24.3 Å². The molecule has 0 N–H and O–H groups in total. The minimum atomic E-state index is -1.63. The number of nitrogens with zero attached hydrogens (tertiary/aromatic N) is 2. The highest BCUT2D eigenvalue weighted by atomic mass is 16.6. The maximum atomic E-state index is 12.2. The Labute approximate surface area is 103 Å². The van der Waals surface area contributed by atoms with Crippen molar-refractivity contribution >= 4 is 17.9 Å². The molecule has 1 aromatic carbocycles. The van der Waals surface area contributed by atoms with E-state index in [1.165, 1.54) is 19.0 Å². The maximum absolute atomic E-state index is 12.2. The number of likely N-dealkylation sites (N-methyl/N-ethyl adjacent to an activating group) is 2. The Bertz CT molecular complexity index is 597. The average molecular weight is 246 g/mol. The van der Waals surface area contributed by atoms with Crippen LogP contribution < -0.4 is 0 Å². The Balaban J connectivity index is 2.28. The van der Waals surface area contributed by atoms with E-state index >= 15 is 0 Å². The molecule has 92 valence electrons. The van der Waals surface area contributed by atoms with Gasteiger partial charge in [-0.05, 0) is 6.07 Å². The predicted molar refractivity (Wildman–Crippen MR) is 59.5 cm³/mol. The third-order valence-corrected chi connectivity index (χ3v) is 3.40. The van der Waals surface area contributed by atoms with Gasteiger partial charge in [0.05, 0.1) is 0 Å². The Kier molecular flexibility index (Phi) is 1.85. The Morgan fingerprint density at radius 1 is 1.11 bits per heavy atom. The van der Waals surface area contributed by atoms with Gasteiger partial charge in [0.15, 0.2) is 0 Å². The number of benzene rings is 1. The lowest BCUT2D eigenvalue weighted by atomic mass is 10.0. The van der Waals surface area contributed by atoms with Crippen LogP contribution in [0.4, 0.5) is 4.79 Å². The third kappa shape index (κ3) is 0.958. The first-order valence-corrected chi connectivity index (χ1v) is 5.39. The van der Waals surface area contributed by atoms with Crippen LogP contribution in [0.5, 0.6) is 0 Å². The second-order valence-electron chi connectivity index (χ2n) is 4.29. The highest BCUT2D eigenvalue weighted by Crippen LogP contribution is 2.43. The fourth-order valence-corrected chi connectivity index (χ4v) is 2.40. The minimum absolute atomic E-state index is 0.331. The molecule has 1 aromatic rings. The molecule has 0 bridgehead atoms. The number of rotatable bonds is 0. The Morgan fingerprint density at radius 3 is 2.39 bits per heavy atom. The summed E-state index contributed by atoms with van der Waals surface area (Å²) in [6.07, 6.45) is -0.753. The fourth-order valence-electron chi connectivity index (χ4n) is 2.40. The van der Waals surface area contributed by atoms with Crippen LogP contribution in [0.25, 0.3) is 0 Å². The van der Waals surface area contributed by atoms with Gasteiger partial charge in [0, 0.05) is 25.2 Å². The summed E-state index contributed by atoms with van der Waals surface area (Å²) in [5.41, 5.74) is -0.823. The van der Waals surface area contributed by atoms with Crippen LogP contribution in [0.1, 0.15) is 15.9 Å². The van der Waals surface area contributed by atoms with E-state index in [-0.39, 0.29) is 5.91 Å². The van der Waals surface area contributed by atoms with Crippen LogP contribution >= 0.6 is 0 Å². The van der Waals surface area contributed by atoms with E-state index in [9.17, 15) is 14.4 Å². The first-order valence-electron chi connectivity index (χ1n) is 5.39. The smallest absolute Gasteiger partial charge is 0.408 e.